The fraction of sp³-hybridized carbons (Fsp3) is 0.182. The molecule has 0 spiro atoms. The molecule has 1 unspecified atom stereocenters. The van der Waals surface area contributed by atoms with Gasteiger partial charge in [-0.05, 0) is 23.3 Å². The Kier molecular flexibility index (Phi) is 7.01. The number of benzene rings is 2. The topological polar surface area (TPSA) is 118 Å². The summed E-state index contributed by atoms with van der Waals surface area (Å²) in [6.45, 7) is -0.643. The molecule has 0 saturated heterocycles. The number of carbonyl (C=O) groups is 1. The minimum absolute atomic E-state index is 0.00250. The number of aliphatic hydroxyl groups is 2. The van der Waals surface area contributed by atoms with Crippen LogP contribution < -0.4 is 14.9 Å². The number of pyridine rings is 1. The molecule has 0 aliphatic heterocycles. The average Bonchev–Trinajstić information content (AvgIpc) is 2.75. The maximum absolute atomic E-state index is 13.3. The van der Waals surface area contributed by atoms with Crippen molar-refractivity contribution in [3.8, 4) is 11.6 Å². The molecule has 1 heterocycles. The third-order valence-electron chi connectivity index (χ3n) is 4.45. The first kappa shape index (κ1) is 22.0. The molecule has 3 aromatic rings. The van der Waals surface area contributed by atoms with Crippen LogP contribution in [0.4, 0.5) is 9.18 Å². The molecule has 8 nitrogen and oxygen atoms in total. The second-order valence-electron chi connectivity index (χ2n) is 6.53. The van der Waals surface area contributed by atoms with E-state index >= 15 is 0 Å². The van der Waals surface area contributed by atoms with E-state index < -0.39 is 36.0 Å². The molecular formula is C22H20FNO7. The van der Waals surface area contributed by atoms with Crippen molar-refractivity contribution < 1.29 is 34.0 Å². The number of ether oxygens (including phenoxy) is 2. The van der Waals surface area contributed by atoms with Crippen LogP contribution in [0.2, 0.25) is 0 Å². The van der Waals surface area contributed by atoms with Gasteiger partial charge in [-0.2, -0.15) is 0 Å². The molecule has 3 N–H and O–H groups in total. The van der Waals surface area contributed by atoms with Crippen LogP contribution in [0, 0.1) is 5.82 Å². The van der Waals surface area contributed by atoms with Crippen molar-refractivity contribution in [1.82, 2.24) is 4.57 Å². The average molecular weight is 429 g/mol. The second kappa shape index (κ2) is 9.88. The number of halogens is 1. The maximum atomic E-state index is 13.3. The van der Waals surface area contributed by atoms with Gasteiger partial charge in [0.1, 0.15) is 24.2 Å². The molecule has 162 valence electrons. The van der Waals surface area contributed by atoms with Gasteiger partial charge < -0.3 is 29.4 Å². The zero-order valence-electron chi connectivity index (χ0n) is 16.3. The van der Waals surface area contributed by atoms with E-state index in [1.165, 1.54) is 12.1 Å². The Bertz CT molecular complexity index is 1100. The Morgan fingerprint density at radius 3 is 2.39 bits per heavy atom. The second-order valence-corrected chi connectivity index (χ2v) is 6.53. The summed E-state index contributed by atoms with van der Waals surface area (Å²) in [5.74, 6) is -1.16. The Labute approximate surface area is 176 Å². The SMILES string of the molecule is O=C(O)Oc1cc(=O)c(OCc2ccccc2)c(C(O)c2ccc(F)cc2)n1CCO. The summed E-state index contributed by atoms with van der Waals surface area (Å²) in [5, 5.41) is 29.5. The molecule has 0 aliphatic carbocycles. The highest BCUT2D eigenvalue weighted by Crippen LogP contribution is 2.32. The maximum Gasteiger partial charge on any atom is 0.512 e. The number of aliphatic hydroxyl groups excluding tert-OH is 2. The highest BCUT2D eigenvalue weighted by Gasteiger charge is 2.26. The van der Waals surface area contributed by atoms with Gasteiger partial charge in [0.05, 0.1) is 12.7 Å². The first-order valence-corrected chi connectivity index (χ1v) is 9.30. The van der Waals surface area contributed by atoms with Gasteiger partial charge in [0.15, 0.2) is 5.75 Å². The minimum atomic E-state index is -1.67. The quantitative estimate of drug-likeness (QED) is 0.471. The van der Waals surface area contributed by atoms with Crippen LogP contribution in [0.1, 0.15) is 22.9 Å². The van der Waals surface area contributed by atoms with E-state index in [9.17, 15) is 24.2 Å². The van der Waals surface area contributed by atoms with Gasteiger partial charge in [0.25, 0.3) is 0 Å². The van der Waals surface area contributed by atoms with Crippen molar-refractivity contribution in [3.05, 3.63) is 93.5 Å². The van der Waals surface area contributed by atoms with Gasteiger partial charge in [-0.15, -0.1) is 0 Å². The Morgan fingerprint density at radius 1 is 1.10 bits per heavy atom. The Balaban J connectivity index is 2.15. The number of aromatic nitrogens is 1. The lowest BCUT2D eigenvalue weighted by atomic mass is 10.0. The molecule has 1 atom stereocenters. The lowest BCUT2D eigenvalue weighted by Crippen LogP contribution is -2.24. The highest BCUT2D eigenvalue weighted by atomic mass is 19.1. The predicted molar refractivity (Wildman–Crippen MR) is 108 cm³/mol. The van der Waals surface area contributed by atoms with E-state index in [0.717, 1.165) is 28.3 Å². The van der Waals surface area contributed by atoms with Crippen LogP contribution in [-0.4, -0.2) is 32.6 Å². The molecule has 1 aromatic heterocycles. The Hall–Kier alpha value is -3.69. The van der Waals surface area contributed by atoms with Crippen LogP contribution in [0.15, 0.2) is 65.5 Å². The van der Waals surface area contributed by atoms with Crippen LogP contribution in [0.5, 0.6) is 11.6 Å². The molecule has 0 saturated carbocycles. The molecule has 0 amide bonds. The largest absolute Gasteiger partial charge is 0.512 e. The van der Waals surface area contributed by atoms with E-state index in [4.69, 9.17) is 9.84 Å². The summed E-state index contributed by atoms with van der Waals surface area (Å²) in [6, 6.07) is 14.8. The first-order valence-electron chi connectivity index (χ1n) is 9.30. The molecule has 0 aliphatic rings. The van der Waals surface area contributed by atoms with Crippen molar-refractivity contribution >= 4 is 6.16 Å². The van der Waals surface area contributed by atoms with Gasteiger partial charge in [-0.1, -0.05) is 42.5 Å². The molecular weight excluding hydrogens is 409 g/mol. The van der Waals surface area contributed by atoms with E-state index in [1.54, 1.807) is 24.3 Å². The lowest BCUT2D eigenvalue weighted by molar-refractivity contribution is 0.135. The van der Waals surface area contributed by atoms with Gasteiger partial charge >= 0.3 is 6.16 Å². The van der Waals surface area contributed by atoms with Gasteiger partial charge in [-0.25, -0.2) is 9.18 Å². The lowest BCUT2D eigenvalue weighted by Gasteiger charge is -2.23. The summed E-state index contributed by atoms with van der Waals surface area (Å²) in [6.07, 6.45) is -3.17. The van der Waals surface area contributed by atoms with Crippen molar-refractivity contribution in [2.45, 2.75) is 19.3 Å². The van der Waals surface area contributed by atoms with E-state index in [-0.39, 0.29) is 30.2 Å². The minimum Gasteiger partial charge on any atom is -0.483 e. The normalized spacial score (nSPS) is 11.7. The van der Waals surface area contributed by atoms with Gasteiger partial charge in [0.2, 0.25) is 11.3 Å². The zero-order chi connectivity index (χ0) is 22.4. The van der Waals surface area contributed by atoms with E-state index in [1.807, 2.05) is 6.07 Å². The monoisotopic (exact) mass is 429 g/mol. The smallest absolute Gasteiger partial charge is 0.483 e. The highest BCUT2D eigenvalue weighted by molar-refractivity contribution is 5.60. The molecule has 2 aromatic carbocycles. The van der Waals surface area contributed by atoms with Crippen molar-refractivity contribution in [3.63, 3.8) is 0 Å². The molecule has 0 radical (unpaired) electrons. The number of carboxylic acid groups (broad SMARTS) is 1. The summed E-state index contributed by atoms with van der Waals surface area (Å²) in [4.78, 5) is 23.9. The summed E-state index contributed by atoms with van der Waals surface area (Å²) in [5.41, 5.74) is 0.131. The summed E-state index contributed by atoms with van der Waals surface area (Å²) >= 11 is 0. The van der Waals surface area contributed by atoms with Crippen LogP contribution in [0.3, 0.4) is 0 Å². The van der Waals surface area contributed by atoms with Gasteiger partial charge in [-0.3, -0.25) is 4.79 Å². The van der Waals surface area contributed by atoms with Crippen molar-refractivity contribution in [2.75, 3.05) is 6.61 Å². The zero-order valence-corrected chi connectivity index (χ0v) is 16.3. The van der Waals surface area contributed by atoms with E-state index in [2.05, 4.69) is 4.74 Å². The molecule has 3 rings (SSSR count). The predicted octanol–water partition coefficient (Wildman–Crippen LogP) is 2.70. The summed E-state index contributed by atoms with van der Waals surface area (Å²) < 4.78 is 24.9. The van der Waals surface area contributed by atoms with Crippen molar-refractivity contribution in [2.24, 2.45) is 0 Å². The fourth-order valence-electron chi connectivity index (χ4n) is 3.08. The molecule has 9 heteroatoms. The number of rotatable bonds is 8. The third-order valence-corrected chi connectivity index (χ3v) is 4.45. The van der Waals surface area contributed by atoms with Crippen LogP contribution >= 0.6 is 0 Å². The first-order chi connectivity index (χ1) is 14.9. The fourth-order valence-corrected chi connectivity index (χ4v) is 3.08. The molecule has 31 heavy (non-hydrogen) atoms. The number of hydrogen-bond acceptors (Lipinski definition) is 6. The van der Waals surface area contributed by atoms with E-state index in [0.29, 0.717) is 0 Å². The van der Waals surface area contributed by atoms with Gasteiger partial charge in [0, 0.05) is 6.54 Å². The molecule has 0 fully saturated rings. The molecule has 0 bridgehead atoms. The third kappa shape index (κ3) is 5.27. The van der Waals surface area contributed by atoms with Crippen LogP contribution in [0.25, 0.3) is 0 Å². The number of hydrogen-bond donors (Lipinski definition) is 3. The Morgan fingerprint density at radius 2 is 1.77 bits per heavy atom. The number of nitrogens with zero attached hydrogens (tertiary/aromatic N) is 1. The standard InChI is InChI=1S/C22H20FNO7/c23-16-8-6-15(7-9-16)20(27)19-21(30-13-14-4-2-1-3-5-14)17(26)12-18(31-22(28)29)24(19)10-11-25/h1-9,12,20,25,27H,10-11,13H2,(H,28,29). The van der Waals surface area contributed by atoms with Crippen molar-refractivity contribution in [1.29, 1.82) is 0 Å². The van der Waals surface area contributed by atoms with Crippen LogP contribution in [-0.2, 0) is 13.2 Å². The summed E-state index contributed by atoms with van der Waals surface area (Å²) in [7, 11) is 0.